The number of carbonyl (C=O) groups excluding carboxylic acids is 2. The Morgan fingerprint density at radius 3 is 2.88 bits per heavy atom. The highest BCUT2D eigenvalue weighted by Crippen LogP contribution is 2.25. The first-order chi connectivity index (χ1) is 12.0. The molecule has 1 aromatic heterocycles. The average Bonchev–Trinajstić information content (AvgIpc) is 3.00. The maximum absolute atomic E-state index is 12.5. The van der Waals surface area contributed by atoms with Crippen molar-refractivity contribution in [2.45, 2.75) is 38.3 Å². The Morgan fingerprint density at radius 2 is 2.16 bits per heavy atom. The Balaban J connectivity index is 1.63. The number of aromatic nitrogens is 1. The standard InChI is InChI=1S/C18H22ClN3O3/c1-2-25-18(24)10-3-5-15(13(20)8-10)22-17(23)16-9-11-7-12(19)4-6-14(11)21-16/h4,6-7,9-10,13,15,21H,2-3,5,8,20H2,1H3,(H,22,23)/t10-,13+,15-/m1/s1. The van der Waals surface area contributed by atoms with Gasteiger partial charge in [0.05, 0.1) is 12.5 Å². The molecule has 3 rings (SSSR count). The van der Waals surface area contributed by atoms with E-state index in [1.54, 1.807) is 25.1 Å². The predicted octanol–water partition coefficient (Wildman–Crippen LogP) is 2.61. The van der Waals surface area contributed by atoms with Crippen molar-refractivity contribution in [2.24, 2.45) is 11.7 Å². The Labute approximate surface area is 151 Å². The van der Waals surface area contributed by atoms with E-state index in [0.717, 1.165) is 10.9 Å². The van der Waals surface area contributed by atoms with Crippen LogP contribution in [0, 0.1) is 5.92 Å². The predicted molar refractivity (Wildman–Crippen MR) is 96.5 cm³/mol. The minimum atomic E-state index is -0.272. The van der Waals surface area contributed by atoms with Crippen molar-refractivity contribution < 1.29 is 14.3 Å². The highest BCUT2D eigenvalue weighted by Gasteiger charge is 2.33. The van der Waals surface area contributed by atoms with E-state index < -0.39 is 0 Å². The van der Waals surface area contributed by atoms with Gasteiger partial charge in [0.1, 0.15) is 5.69 Å². The smallest absolute Gasteiger partial charge is 0.308 e. The number of fused-ring (bicyclic) bond motifs is 1. The second kappa shape index (κ2) is 7.45. The molecule has 1 aliphatic carbocycles. The van der Waals surface area contributed by atoms with Crippen LogP contribution in [0.2, 0.25) is 5.02 Å². The van der Waals surface area contributed by atoms with Crippen LogP contribution in [0.5, 0.6) is 0 Å². The maximum Gasteiger partial charge on any atom is 0.308 e. The summed E-state index contributed by atoms with van der Waals surface area (Å²) in [7, 11) is 0. The van der Waals surface area contributed by atoms with Gasteiger partial charge in [-0.3, -0.25) is 9.59 Å². The van der Waals surface area contributed by atoms with Gasteiger partial charge in [-0.15, -0.1) is 0 Å². The summed E-state index contributed by atoms with van der Waals surface area (Å²) in [5, 5.41) is 4.48. The van der Waals surface area contributed by atoms with Gasteiger partial charge >= 0.3 is 5.97 Å². The van der Waals surface area contributed by atoms with Crippen molar-refractivity contribution in [3.05, 3.63) is 35.0 Å². The summed E-state index contributed by atoms with van der Waals surface area (Å²) in [6, 6.07) is 6.76. The summed E-state index contributed by atoms with van der Waals surface area (Å²) in [4.78, 5) is 27.4. The highest BCUT2D eigenvalue weighted by molar-refractivity contribution is 6.31. The number of H-pyrrole nitrogens is 1. The summed E-state index contributed by atoms with van der Waals surface area (Å²) in [5.74, 6) is -0.587. The average molecular weight is 364 g/mol. The molecule has 25 heavy (non-hydrogen) atoms. The molecule has 0 radical (unpaired) electrons. The van der Waals surface area contributed by atoms with Gasteiger partial charge in [0.25, 0.3) is 5.91 Å². The van der Waals surface area contributed by atoms with E-state index in [2.05, 4.69) is 10.3 Å². The third kappa shape index (κ3) is 3.96. The molecule has 0 bridgehead atoms. The molecule has 6 nitrogen and oxygen atoms in total. The Kier molecular flexibility index (Phi) is 5.30. The lowest BCUT2D eigenvalue weighted by Gasteiger charge is -2.33. The molecule has 0 unspecified atom stereocenters. The molecule has 4 N–H and O–H groups in total. The fraction of sp³-hybridized carbons (Fsp3) is 0.444. The summed E-state index contributed by atoms with van der Waals surface area (Å²) in [5.41, 5.74) is 7.50. The molecule has 2 aromatic rings. The van der Waals surface area contributed by atoms with Crippen LogP contribution >= 0.6 is 11.6 Å². The third-order valence-electron chi connectivity index (χ3n) is 4.66. The molecular formula is C18H22ClN3O3. The second-order valence-corrected chi connectivity index (χ2v) is 6.86. The first-order valence-corrected chi connectivity index (χ1v) is 8.87. The number of aromatic amines is 1. The number of ether oxygens (including phenoxy) is 1. The van der Waals surface area contributed by atoms with E-state index in [9.17, 15) is 9.59 Å². The number of rotatable bonds is 4. The number of nitrogens with one attached hydrogen (secondary N) is 2. The number of hydrogen-bond donors (Lipinski definition) is 3. The normalized spacial score (nSPS) is 23.4. The second-order valence-electron chi connectivity index (χ2n) is 6.42. The maximum atomic E-state index is 12.5. The molecular weight excluding hydrogens is 342 g/mol. The number of esters is 1. The zero-order valence-corrected chi connectivity index (χ0v) is 14.8. The fourth-order valence-corrected chi connectivity index (χ4v) is 3.51. The minimum absolute atomic E-state index is 0.159. The molecule has 1 fully saturated rings. The number of hydrogen-bond acceptors (Lipinski definition) is 4. The van der Waals surface area contributed by atoms with Crippen LogP contribution in [-0.4, -0.2) is 35.6 Å². The minimum Gasteiger partial charge on any atom is -0.466 e. The molecule has 0 spiro atoms. The monoisotopic (exact) mass is 363 g/mol. The Bertz CT molecular complexity index is 789. The van der Waals surface area contributed by atoms with Crippen molar-refractivity contribution in [1.29, 1.82) is 0 Å². The molecule has 1 aliphatic rings. The molecule has 1 heterocycles. The molecule has 0 aliphatic heterocycles. The van der Waals surface area contributed by atoms with Crippen LogP contribution in [0.4, 0.5) is 0 Å². The quantitative estimate of drug-likeness (QED) is 0.727. The van der Waals surface area contributed by atoms with Crippen molar-refractivity contribution in [3.8, 4) is 0 Å². The van der Waals surface area contributed by atoms with Crippen LogP contribution in [0.25, 0.3) is 10.9 Å². The molecule has 7 heteroatoms. The van der Waals surface area contributed by atoms with Gasteiger partial charge in [-0.05, 0) is 50.5 Å². The highest BCUT2D eigenvalue weighted by atomic mass is 35.5. The van der Waals surface area contributed by atoms with Crippen LogP contribution < -0.4 is 11.1 Å². The molecule has 1 amide bonds. The summed E-state index contributed by atoms with van der Waals surface area (Å²) >= 11 is 5.98. The number of halogens is 1. The van der Waals surface area contributed by atoms with Crippen molar-refractivity contribution in [2.75, 3.05) is 6.61 Å². The molecule has 1 saturated carbocycles. The molecule has 1 aromatic carbocycles. The van der Waals surface area contributed by atoms with Crippen molar-refractivity contribution >= 4 is 34.4 Å². The van der Waals surface area contributed by atoms with Gasteiger partial charge in [-0.2, -0.15) is 0 Å². The first kappa shape index (κ1) is 17.8. The lowest BCUT2D eigenvalue weighted by Crippen LogP contribution is -2.52. The van der Waals surface area contributed by atoms with Gasteiger partial charge in [-0.25, -0.2) is 0 Å². The van der Waals surface area contributed by atoms with E-state index >= 15 is 0 Å². The van der Waals surface area contributed by atoms with E-state index in [-0.39, 0.29) is 29.9 Å². The zero-order chi connectivity index (χ0) is 18.0. The fourth-order valence-electron chi connectivity index (χ4n) is 3.33. The van der Waals surface area contributed by atoms with Crippen LogP contribution in [-0.2, 0) is 9.53 Å². The van der Waals surface area contributed by atoms with Gasteiger partial charge in [0.2, 0.25) is 0 Å². The van der Waals surface area contributed by atoms with E-state index in [1.165, 1.54) is 0 Å². The van der Waals surface area contributed by atoms with Crippen molar-refractivity contribution in [3.63, 3.8) is 0 Å². The molecule has 134 valence electrons. The van der Waals surface area contributed by atoms with Crippen LogP contribution in [0.15, 0.2) is 24.3 Å². The number of amides is 1. The van der Waals surface area contributed by atoms with Gasteiger partial charge in [0, 0.05) is 28.0 Å². The number of nitrogens with two attached hydrogens (primary N) is 1. The lowest BCUT2D eigenvalue weighted by molar-refractivity contribution is -0.149. The Morgan fingerprint density at radius 1 is 1.36 bits per heavy atom. The molecule has 0 saturated heterocycles. The van der Waals surface area contributed by atoms with Crippen molar-refractivity contribution in [1.82, 2.24) is 10.3 Å². The largest absolute Gasteiger partial charge is 0.466 e. The summed E-state index contributed by atoms with van der Waals surface area (Å²) < 4.78 is 5.06. The van der Waals surface area contributed by atoms with E-state index in [0.29, 0.717) is 36.6 Å². The summed E-state index contributed by atoms with van der Waals surface area (Å²) in [6.45, 7) is 2.16. The van der Waals surface area contributed by atoms with Gasteiger partial charge in [-0.1, -0.05) is 11.6 Å². The Hall–Kier alpha value is -2.05. The number of benzene rings is 1. The van der Waals surface area contributed by atoms with Gasteiger partial charge < -0.3 is 20.8 Å². The van der Waals surface area contributed by atoms with Crippen LogP contribution in [0.3, 0.4) is 0 Å². The first-order valence-electron chi connectivity index (χ1n) is 8.49. The lowest BCUT2D eigenvalue weighted by atomic mass is 9.82. The SMILES string of the molecule is CCOC(=O)[C@@H]1CC[C@@H](NC(=O)c2cc3cc(Cl)ccc3[nH]2)[C@@H](N)C1. The topological polar surface area (TPSA) is 97.2 Å². The third-order valence-corrected chi connectivity index (χ3v) is 4.90. The molecule has 3 atom stereocenters. The zero-order valence-electron chi connectivity index (χ0n) is 14.0. The van der Waals surface area contributed by atoms with E-state index in [4.69, 9.17) is 22.1 Å². The van der Waals surface area contributed by atoms with E-state index in [1.807, 2.05) is 6.07 Å². The van der Waals surface area contributed by atoms with Crippen LogP contribution in [0.1, 0.15) is 36.7 Å². The summed E-state index contributed by atoms with van der Waals surface area (Å²) in [6.07, 6.45) is 1.84. The number of carbonyl (C=O) groups is 2. The van der Waals surface area contributed by atoms with Gasteiger partial charge in [0.15, 0.2) is 0 Å².